The molecule has 0 atom stereocenters. The van der Waals surface area contributed by atoms with Gasteiger partial charge in [0.05, 0.1) is 5.71 Å². The van der Waals surface area contributed by atoms with Crippen molar-refractivity contribution in [2.45, 2.75) is 6.92 Å². The maximum Gasteiger partial charge on any atom is 0.271 e. The Morgan fingerprint density at radius 2 is 1.80 bits per heavy atom. The molecule has 2 aromatic rings. The van der Waals surface area contributed by atoms with Crippen molar-refractivity contribution < 1.29 is 14.3 Å². The number of rotatable bonds is 3. The zero-order chi connectivity index (χ0) is 14.5. The van der Waals surface area contributed by atoms with Gasteiger partial charge < -0.3 is 5.11 Å². The van der Waals surface area contributed by atoms with Gasteiger partial charge in [-0.3, -0.25) is 4.79 Å². The van der Waals surface area contributed by atoms with Gasteiger partial charge in [0.2, 0.25) is 0 Å². The Balaban J connectivity index is 2.11. The monoisotopic (exact) mass is 272 g/mol. The van der Waals surface area contributed by atoms with Gasteiger partial charge in [-0.1, -0.05) is 12.1 Å². The SMILES string of the molecule is C/C(=N\NC(=O)c1ccc(F)cc1)c1ccccc1O. The molecule has 0 radical (unpaired) electrons. The molecule has 0 saturated heterocycles. The molecule has 0 unspecified atom stereocenters. The molecule has 2 aromatic carbocycles. The quantitative estimate of drug-likeness (QED) is 0.666. The summed E-state index contributed by atoms with van der Waals surface area (Å²) in [5, 5.41) is 13.6. The molecule has 102 valence electrons. The number of hydrogen-bond acceptors (Lipinski definition) is 3. The third-order valence-electron chi connectivity index (χ3n) is 2.73. The fourth-order valence-electron chi connectivity index (χ4n) is 1.64. The van der Waals surface area contributed by atoms with Crippen molar-refractivity contribution in [2.24, 2.45) is 5.10 Å². The van der Waals surface area contributed by atoms with Gasteiger partial charge in [0.1, 0.15) is 11.6 Å². The molecule has 0 fully saturated rings. The molecule has 0 saturated carbocycles. The zero-order valence-corrected chi connectivity index (χ0v) is 10.8. The highest BCUT2D eigenvalue weighted by Gasteiger charge is 2.06. The van der Waals surface area contributed by atoms with Crippen molar-refractivity contribution in [3.05, 3.63) is 65.5 Å². The normalized spacial score (nSPS) is 11.2. The van der Waals surface area contributed by atoms with E-state index < -0.39 is 11.7 Å². The van der Waals surface area contributed by atoms with E-state index in [0.717, 1.165) is 0 Å². The second-order valence-electron chi connectivity index (χ2n) is 4.16. The van der Waals surface area contributed by atoms with Crippen LogP contribution in [-0.4, -0.2) is 16.7 Å². The van der Waals surface area contributed by atoms with Crippen molar-refractivity contribution >= 4 is 11.6 Å². The number of aromatic hydroxyl groups is 1. The average molecular weight is 272 g/mol. The summed E-state index contributed by atoms with van der Waals surface area (Å²) in [5.74, 6) is -0.764. The predicted octanol–water partition coefficient (Wildman–Crippen LogP) is 2.69. The number of benzene rings is 2. The van der Waals surface area contributed by atoms with Gasteiger partial charge in [-0.15, -0.1) is 0 Å². The van der Waals surface area contributed by atoms with Crippen LogP contribution >= 0.6 is 0 Å². The first kappa shape index (κ1) is 13.7. The molecule has 0 heterocycles. The summed E-state index contributed by atoms with van der Waals surface area (Å²) in [5.41, 5.74) is 3.67. The van der Waals surface area contributed by atoms with E-state index in [9.17, 15) is 14.3 Å². The molecule has 0 spiro atoms. The van der Waals surface area contributed by atoms with Crippen LogP contribution in [0.5, 0.6) is 5.75 Å². The van der Waals surface area contributed by atoms with Crippen LogP contribution in [0.25, 0.3) is 0 Å². The molecule has 0 aromatic heterocycles. The first-order valence-corrected chi connectivity index (χ1v) is 5.96. The lowest BCUT2D eigenvalue weighted by molar-refractivity contribution is 0.0955. The number of hydrazone groups is 1. The molecular weight excluding hydrogens is 259 g/mol. The van der Waals surface area contributed by atoms with Crippen molar-refractivity contribution in [3.8, 4) is 5.75 Å². The van der Waals surface area contributed by atoms with Gasteiger partial charge in [0.25, 0.3) is 5.91 Å². The molecule has 0 aliphatic rings. The summed E-state index contributed by atoms with van der Waals surface area (Å²) < 4.78 is 12.7. The summed E-state index contributed by atoms with van der Waals surface area (Å²) in [6.07, 6.45) is 0. The maximum absolute atomic E-state index is 12.7. The second kappa shape index (κ2) is 5.97. The minimum Gasteiger partial charge on any atom is -0.507 e. The molecule has 1 amide bonds. The first-order valence-electron chi connectivity index (χ1n) is 5.96. The number of nitrogens with one attached hydrogen (secondary N) is 1. The molecule has 4 nitrogen and oxygen atoms in total. The highest BCUT2D eigenvalue weighted by Crippen LogP contribution is 2.16. The lowest BCUT2D eigenvalue weighted by atomic mass is 10.1. The average Bonchev–Trinajstić information content (AvgIpc) is 2.45. The standard InChI is InChI=1S/C15H13FN2O2/c1-10(13-4-2-3-5-14(13)19)17-18-15(20)11-6-8-12(16)9-7-11/h2-9,19H,1H3,(H,18,20)/b17-10+. The van der Waals surface area contributed by atoms with Crippen molar-refractivity contribution in [3.63, 3.8) is 0 Å². The molecule has 0 bridgehead atoms. The number of nitrogens with zero attached hydrogens (tertiary/aromatic N) is 1. The predicted molar refractivity (Wildman–Crippen MR) is 74.2 cm³/mol. The molecular formula is C15H13FN2O2. The van der Waals surface area contributed by atoms with Gasteiger partial charge in [-0.05, 0) is 43.3 Å². The van der Waals surface area contributed by atoms with E-state index in [1.807, 2.05) is 0 Å². The van der Waals surface area contributed by atoms with Crippen molar-refractivity contribution in [1.82, 2.24) is 5.43 Å². The number of phenols is 1. The Labute approximate surface area is 115 Å². The van der Waals surface area contributed by atoms with Gasteiger partial charge in [-0.25, -0.2) is 9.82 Å². The van der Waals surface area contributed by atoms with Crippen LogP contribution in [-0.2, 0) is 0 Å². The highest BCUT2D eigenvalue weighted by molar-refractivity contribution is 6.02. The summed E-state index contributed by atoms with van der Waals surface area (Å²) in [6.45, 7) is 1.67. The fourth-order valence-corrected chi connectivity index (χ4v) is 1.64. The summed E-state index contributed by atoms with van der Waals surface area (Å²) in [6, 6.07) is 11.8. The Hall–Kier alpha value is -2.69. The number of amides is 1. The van der Waals surface area contributed by atoms with Gasteiger partial charge >= 0.3 is 0 Å². The number of hydrogen-bond donors (Lipinski definition) is 2. The van der Waals surface area contributed by atoms with Crippen molar-refractivity contribution in [2.75, 3.05) is 0 Å². The lowest BCUT2D eigenvalue weighted by Crippen LogP contribution is -2.19. The minimum atomic E-state index is -0.445. The summed E-state index contributed by atoms with van der Waals surface area (Å²) >= 11 is 0. The first-order chi connectivity index (χ1) is 9.58. The number of halogens is 1. The second-order valence-corrected chi connectivity index (χ2v) is 4.16. The van der Waals surface area contributed by atoms with E-state index in [-0.39, 0.29) is 5.75 Å². The van der Waals surface area contributed by atoms with Crippen LogP contribution in [0, 0.1) is 5.82 Å². The number of carbonyl (C=O) groups is 1. The van der Waals surface area contributed by atoms with E-state index in [4.69, 9.17) is 0 Å². The van der Waals surface area contributed by atoms with E-state index in [0.29, 0.717) is 16.8 Å². The van der Waals surface area contributed by atoms with Gasteiger partial charge in [-0.2, -0.15) is 5.10 Å². The van der Waals surface area contributed by atoms with E-state index >= 15 is 0 Å². The largest absolute Gasteiger partial charge is 0.507 e. The van der Waals surface area contributed by atoms with Crippen molar-refractivity contribution in [1.29, 1.82) is 0 Å². The Morgan fingerprint density at radius 3 is 2.45 bits per heavy atom. The number of para-hydroxylation sites is 1. The third kappa shape index (κ3) is 3.20. The Kier molecular flexibility index (Phi) is 4.10. The smallest absolute Gasteiger partial charge is 0.271 e. The highest BCUT2D eigenvalue weighted by atomic mass is 19.1. The van der Waals surface area contributed by atoms with E-state index in [1.54, 1.807) is 25.1 Å². The van der Waals surface area contributed by atoms with Crippen LogP contribution in [0.3, 0.4) is 0 Å². The minimum absolute atomic E-state index is 0.0878. The van der Waals surface area contributed by atoms with Crippen LogP contribution in [0.4, 0.5) is 4.39 Å². The molecule has 20 heavy (non-hydrogen) atoms. The number of carbonyl (C=O) groups excluding carboxylic acids is 1. The van der Waals surface area contributed by atoms with Crippen LogP contribution in [0.1, 0.15) is 22.8 Å². The third-order valence-corrected chi connectivity index (χ3v) is 2.73. The Morgan fingerprint density at radius 1 is 1.15 bits per heavy atom. The van der Waals surface area contributed by atoms with Gasteiger partial charge in [0.15, 0.2) is 0 Å². The van der Waals surface area contributed by atoms with E-state index in [1.165, 1.54) is 30.3 Å². The van der Waals surface area contributed by atoms with Crippen LogP contribution < -0.4 is 5.43 Å². The van der Waals surface area contributed by atoms with Crippen LogP contribution in [0.2, 0.25) is 0 Å². The topological polar surface area (TPSA) is 61.7 Å². The summed E-state index contributed by atoms with van der Waals surface area (Å²) in [4.78, 5) is 11.8. The van der Waals surface area contributed by atoms with Gasteiger partial charge in [0, 0.05) is 11.1 Å². The molecule has 5 heteroatoms. The van der Waals surface area contributed by atoms with E-state index in [2.05, 4.69) is 10.5 Å². The Bertz CT molecular complexity index is 651. The lowest BCUT2D eigenvalue weighted by Gasteiger charge is -2.04. The molecule has 2 rings (SSSR count). The maximum atomic E-state index is 12.7. The number of phenolic OH excluding ortho intramolecular Hbond substituents is 1. The fraction of sp³-hybridized carbons (Fsp3) is 0.0667. The molecule has 0 aliphatic heterocycles. The molecule has 2 N–H and O–H groups in total. The zero-order valence-electron chi connectivity index (χ0n) is 10.8. The molecule has 0 aliphatic carbocycles. The summed E-state index contributed by atoms with van der Waals surface area (Å²) in [7, 11) is 0. The van der Waals surface area contributed by atoms with Crippen LogP contribution in [0.15, 0.2) is 53.6 Å².